The fraction of sp³-hybridized carbons (Fsp3) is 0. The highest BCUT2D eigenvalue weighted by Crippen LogP contribution is 2.61. The van der Waals surface area contributed by atoms with Gasteiger partial charge in [-0.1, -0.05) is 0 Å². The summed E-state index contributed by atoms with van der Waals surface area (Å²) in [5.41, 5.74) is 0. The molecule has 164 valence electrons. The number of rotatable bonds is 0. The Hall–Kier alpha value is -2.45. The van der Waals surface area contributed by atoms with Crippen molar-refractivity contribution >= 4 is 190 Å². The Bertz CT molecular complexity index is 2850. The van der Waals surface area contributed by atoms with Crippen molar-refractivity contribution in [3.63, 3.8) is 0 Å². The highest BCUT2D eigenvalue weighted by molar-refractivity contribution is 7.88. The van der Waals surface area contributed by atoms with E-state index in [-0.39, 0.29) is 0 Å². The van der Waals surface area contributed by atoms with Crippen molar-refractivity contribution in [1.82, 2.24) is 0 Å². The Labute approximate surface area is 226 Å². The first-order chi connectivity index (χ1) is 17.8. The topological polar surface area (TPSA) is 0 Å². The third-order valence-electron chi connectivity index (χ3n) is 8.98. The van der Waals surface area contributed by atoms with Gasteiger partial charge < -0.3 is 0 Å². The molecule has 7 aromatic carbocycles. The molecule has 0 atom stereocenters. The molecule has 0 N–H and O–H groups in total. The van der Waals surface area contributed by atoms with Crippen molar-refractivity contribution in [2.24, 2.45) is 0 Å². The summed E-state index contributed by atoms with van der Waals surface area (Å²) in [5, 5.41) is 40.5. The first-order valence-electron chi connectivity index (χ1n) is 11.8. The summed E-state index contributed by atoms with van der Waals surface area (Å²) in [5.74, 6) is 0. The van der Waals surface area contributed by atoms with Crippen LogP contribution in [0.3, 0.4) is 0 Å². The molecule has 0 saturated carbocycles. The summed E-state index contributed by atoms with van der Waals surface area (Å²) in [6, 6.07) is 2.47. The number of thiophene rings is 5. The maximum Gasteiger partial charge on any atom is 0.0534 e. The van der Waals surface area contributed by atoms with E-state index in [0.29, 0.717) is 0 Å². The summed E-state index contributed by atoms with van der Waals surface area (Å²) in [7, 11) is 0. The van der Waals surface area contributed by atoms with Gasteiger partial charge in [-0.3, -0.25) is 0 Å². The van der Waals surface area contributed by atoms with Crippen LogP contribution in [0.2, 0.25) is 0 Å². The lowest BCUT2D eigenvalue weighted by Gasteiger charge is -2.22. The van der Waals surface area contributed by atoms with Gasteiger partial charge in [0.2, 0.25) is 0 Å². The highest BCUT2D eigenvalue weighted by atomic mass is 32.1. The van der Waals surface area contributed by atoms with Crippen LogP contribution < -0.4 is 5.22 Å². The summed E-state index contributed by atoms with van der Waals surface area (Å²) in [6.07, 6.45) is 0. The average Bonchev–Trinajstić information content (AvgIpc) is 3.70. The molecule has 0 saturated heterocycles. The third-order valence-corrected chi connectivity index (χ3v) is 14.4. The maximum absolute atomic E-state index is 4.79. The molecule has 0 nitrogen and oxygen atoms in total. The van der Waals surface area contributed by atoms with Gasteiger partial charge in [0.1, 0.15) is 0 Å². The van der Waals surface area contributed by atoms with Crippen molar-refractivity contribution < 1.29 is 0 Å². The Balaban J connectivity index is 1.72. The van der Waals surface area contributed by atoms with Crippen LogP contribution in [-0.4, -0.2) is 0 Å². The first-order valence-corrected chi connectivity index (χ1v) is 16.7. The van der Waals surface area contributed by atoms with E-state index in [1.165, 1.54) is 120 Å². The molecule has 0 bridgehead atoms. The van der Waals surface area contributed by atoms with E-state index >= 15 is 0 Å². The molecule has 0 aliphatic heterocycles. The zero-order valence-corrected chi connectivity index (χ0v) is 23.0. The molecule has 12 rings (SSSR count). The SMILES string of the molecule is S/C=c1/c2csc3c4scc5c6csc7c8scc9c%10csc%11cc1c1c(c%11%10)c(c98)c(c67)c(c54)c1c23. The summed E-state index contributed by atoms with van der Waals surface area (Å²) in [6.45, 7) is 0. The van der Waals surface area contributed by atoms with Crippen molar-refractivity contribution in [3.8, 4) is 0 Å². The van der Waals surface area contributed by atoms with Gasteiger partial charge >= 0.3 is 0 Å². The predicted molar refractivity (Wildman–Crippen MR) is 173 cm³/mol. The largest absolute Gasteiger partial charge is 0.151 e. The van der Waals surface area contributed by atoms with Crippen LogP contribution >= 0.6 is 69.3 Å². The van der Waals surface area contributed by atoms with Crippen LogP contribution in [0, 0.1) is 0 Å². The van der Waals surface area contributed by atoms with Crippen LogP contribution in [-0.2, 0) is 0 Å². The molecule has 5 heterocycles. The second-order valence-electron chi connectivity index (χ2n) is 10.2. The lowest BCUT2D eigenvalue weighted by atomic mass is 9.79. The monoisotopic (exact) mass is 560 g/mol. The van der Waals surface area contributed by atoms with Gasteiger partial charge in [0.15, 0.2) is 0 Å². The Morgan fingerprint density at radius 3 is 1.39 bits per heavy atom. The molecule has 0 aliphatic rings. The van der Waals surface area contributed by atoms with Crippen LogP contribution in [0.15, 0.2) is 33.0 Å². The van der Waals surface area contributed by atoms with E-state index in [0.717, 1.165) is 0 Å². The van der Waals surface area contributed by atoms with Crippen molar-refractivity contribution in [2.75, 3.05) is 0 Å². The van der Waals surface area contributed by atoms with Gasteiger partial charge in [-0.05, 0) is 54.4 Å². The van der Waals surface area contributed by atoms with Crippen molar-refractivity contribution in [2.45, 2.75) is 0 Å². The molecule has 6 heteroatoms. The zero-order chi connectivity index (χ0) is 22.8. The van der Waals surface area contributed by atoms with Gasteiger partial charge in [-0.2, -0.15) is 12.6 Å². The molecule has 12 aromatic rings. The average molecular weight is 561 g/mol. The molecule has 36 heavy (non-hydrogen) atoms. The molecule has 5 aromatic heterocycles. The van der Waals surface area contributed by atoms with Gasteiger partial charge in [0, 0.05) is 85.5 Å². The zero-order valence-electron chi connectivity index (χ0n) is 18.0. The molecule has 0 amide bonds. The van der Waals surface area contributed by atoms with E-state index in [4.69, 9.17) is 12.6 Å². The molecule has 0 fully saturated rings. The number of fused-ring (bicyclic) bond motifs is 4. The number of thiol groups is 1. The maximum atomic E-state index is 4.79. The summed E-state index contributed by atoms with van der Waals surface area (Å²) >= 11 is 14.5. The van der Waals surface area contributed by atoms with Crippen molar-refractivity contribution in [1.29, 1.82) is 0 Å². The van der Waals surface area contributed by atoms with Crippen molar-refractivity contribution in [3.05, 3.63) is 38.2 Å². The van der Waals surface area contributed by atoms with E-state index < -0.39 is 0 Å². The summed E-state index contributed by atoms with van der Waals surface area (Å²) in [4.78, 5) is 0. The Morgan fingerprint density at radius 2 is 0.833 bits per heavy atom. The number of hydrogen-bond acceptors (Lipinski definition) is 6. The highest BCUT2D eigenvalue weighted by Gasteiger charge is 2.32. The van der Waals surface area contributed by atoms with Gasteiger partial charge in [0.25, 0.3) is 0 Å². The van der Waals surface area contributed by atoms with Gasteiger partial charge in [0.05, 0.1) is 18.8 Å². The lowest BCUT2D eigenvalue weighted by Crippen LogP contribution is -2.05. The smallest absolute Gasteiger partial charge is 0.0534 e. The van der Waals surface area contributed by atoms with E-state index in [1.54, 1.807) is 0 Å². The number of hydrogen-bond donors (Lipinski definition) is 1. The lowest BCUT2D eigenvalue weighted by molar-refractivity contribution is 1.92. The second-order valence-corrected chi connectivity index (χ2v) is 14.8. The van der Waals surface area contributed by atoms with E-state index in [9.17, 15) is 0 Å². The minimum atomic E-state index is 1.28. The second kappa shape index (κ2) is 5.25. The predicted octanol–water partition coefficient (Wildman–Crippen LogP) is 11.3. The minimum absolute atomic E-state index is 1.28. The molecular weight excluding hydrogens is 553 g/mol. The molecular formula is C30H8S6. The van der Waals surface area contributed by atoms with Gasteiger partial charge in [-0.15, -0.1) is 56.7 Å². The Kier molecular flexibility index (Phi) is 2.61. The van der Waals surface area contributed by atoms with E-state index in [2.05, 4.69) is 38.4 Å². The van der Waals surface area contributed by atoms with Crippen LogP contribution in [0.5, 0.6) is 0 Å². The fourth-order valence-electron chi connectivity index (χ4n) is 7.79. The Morgan fingerprint density at radius 1 is 0.417 bits per heavy atom. The normalized spacial score (nSPS) is 15.0. The summed E-state index contributed by atoms with van der Waals surface area (Å²) < 4.78 is 7.29. The van der Waals surface area contributed by atoms with Crippen LogP contribution in [0.1, 0.15) is 0 Å². The standard InChI is InChI=1S/C30H8S6/c31-2-9-8-1-15-16-11(3-32-15)12-5-34-28-19(12)24-22(16)17(8)23-18-10(9)4-33-27(18)29-20-13(6-35-29)14-7-36-30(28)21(14)26(24)25(20)23/h1-7,31H/b9-2+. The molecule has 0 unspecified atom stereocenters. The minimum Gasteiger partial charge on any atom is -0.151 e. The van der Waals surface area contributed by atoms with E-state index in [1.807, 2.05) is 56.7 Å². The quantitative estimate of drug-likeness (QED) is 0.106. The van der Waals surface area contributed by atoms with Crippen LogP contribution in [0.25, 0.3) is 120 Å². The molecule has 0 spiro atoms. The molecule has 0 radical (unpaired) electrons. The van der Waals surface area contributed by atoms with Crippen LogP contribution in [0.4, 0.5) is 0 Å². The number of benzene rings is 7. The third kappa shape index (κ3) is 1.49. The molecule has 0 aliphatic carbocycles. The first kappa shape index (κ1) is 17.9. The fourth-order valence-corrected chi connectivity index (χ4v) is 13.7. The van der Waals surface area contributed by atoms with Gasteiger partial charge in [-0.25, -0.2) is 0 Å².